The second kappa shape index (κ2) is 7.25. The Hall–Kier alpha value is -2.91. The standard InChI is InChI=1S/C19H14FN3O3S2/c1-26-17-9-13(20)2-4-16(17)19-15-5-3-14(8-12(15)10-22-23-19)28(24,25)11-18-21-6-7-27-18/h2-10H,11H2,1H3. The van der Waals surface area contributed by atoms with Crippen LogP contribution in [0.3, 0.4) is 0 Å². The first-order chi connectivity index (χ1) is 13.5. The summed E-state index contributed by atoms with van der Waals surface area (Å²) >= 11 is 1.30. The number of aromatic nitrogens is 3. The maximum atomic E-state index is 13.5. The minimum Gasteiger partial charge on any atom is -0.496 e. The third kappa shape index (κ3) is 3.46. The number of ether oxygens (including phenoxy) is 1. The van der Waals surface area contributed by atoms with Gasteiger partial charge >= 0.3 is 0 Å². The number of nitrogens with zero attached hydrogens (tertiary/aromatic N) is 3. The molecule has 0 atom stereocenters. The lowest BCUT2D eigenvalue weighted by Crippen LogP contribution is -2.05. The van der Waals surface area contributed by atoms with Crippen LogP contribution < -0.4 is 4.74 Å². The number of sulfone groups is 1. The monoisotopic (exact) mass is 415 g/mol. The quantitative estimate of drug-likeness (QED) is 0.492. The predicted molar refractivity (Wildman–Crippen MR) is 104 cm³/mol. The Morgan fingerprint density at radius 3 is 2.79 bits per heavy atom. The molecule has 2 heterocycles. The lowest BCUT2D eigenvalue weighted by Gasteiger charge is -2.11. The molecule has 0 fully saturated rings. The number of rotatable bonds is 5. The third-order valence-electron chi connectivity index (χ3n) is 4.21. The number of thiazole rings is 1. The van der Waals surface area contributed by atoms with Gasteiger partial charge in [-0.15, -0.1) is 16.4 Å². The normalized spacial score (nSPS) is 11.6. The summed E-state index contributed by atoms with van der Waals surface area (Å²) in [5.74, 6) is -0.264. The summed E-state index contributed by atoms with van der Waals surface area (Å²) in [6, 6.07) is 8.91. The summed E-state index contributed by atoms with van der Waals surface area (Å²) < 4.78 is 44.2. The predicted octanol–water partition coefficient (Wildman–Crippen LogP) is 3.87. The summed E-state index contributed by atoms with van der Waals surface area (Å²) in [5, 5.41) is 11.7. The van der Waals surface area contributed by atoms with Gasteiger partial charge in [-0.1, -0.05) is 6.07 Å². The first-order valence-corrected chi connectivity index (χ1v) is 10.7. The van der Waals surface area contributed by atoms with E-state index in [4.69, 9.17) is 4.74 Å². The highest BCUT2D eigenvalue weighted by molar-refractivity contribution is 7.90. The minimum absolute atomic E-state index is 0.159. The highest BCUT2D eigenvalue weighted by Gasteiger charge is 2.19. The van der Waals surface area contributed by atoms with E-state index in [-0.39, 0.29) is 10.6 Å². The fraction of sp³-hybridized carbons (Fsp3) is 0.105. The fourth-order valence-electron chi connectivity index (χ4n) is 2.89. The van der Waals surface area contributed by atoms with Crippen molar-refractivity contribution in [3.63, 3.8) is 0 Å². The van der Waals surface area contributed by atoms with Gasteiger partial charge in [0.1, 0.15) is 28.0 Å². The molecule has 9 heteroatoms. The van der Waals surface area contributed by atoms with Crippen LogP contribution in [-0.4, -0.2) is 30.7 Å². The molecule has 142 valence electrons. The van der Waals surface area contributed by atoms with Gasteiger partial charge in [0.05, 0.1) is 18.2 Å². The van der Waals surface area contributed by atoms with Crippen molar-refractivity contribution in [2.24, 2.45) is 0 Å². The largest absolute Gasteiger partial charge is 0.496 e. The van der Waals surface area contributed by atoms with E-state index in [1.807, 2.05) is 0 Å². The molecule has 2 aromatic carbocycles. The highest BCUT2D eigenvalue weighted by atomic mass is 32.2. The molecule has 0 saturated carbocycles. The number of hydrogen-bond acceptors (Lipinski definition) is 7. The maximum Gasteiger partial charge on any atom is 0.184 e. The number of methoxy groups -OCH3 is 1. The van der Waals surface area contributed by atoms with Crippen molar-refractivity contribution in [3.8, 4) is 17.0 Å². The lowest BCUT2D eigenvalue weighted by atomic mass is 10.0. The van der Waals surface area contributed by atoms with Gasteiger partial charge < -0.3 is 4.74 Å². The summed E-state index contributed by atoms with van der Waals surface area (Å²) in [4.78, 5) is 4.22. The number of hydrogen-bond donors (Lipinski definition) is 0. The Labute approximate surface area is 164 Å². The zero-order valence-electron chi connectivity index (χ0n) is 14.7. The molecule has 28 heavy (non-hydrogen) atoms. The van der Waals surface area contributed by atoms with E-state index in [0.717, 1.165) is 0 Å². The van der Waals surface area contributed by atoms with Crippen LogP contribution in [-0.2, 0) is 15.6 Å². The van der Waals surface area contributed by atoms with Crippen molar-refractivity contribution >= 4 is 31.9 Å². The highest BCUT2D eigenvalue weighted by Crippen LogP contribution is 2.34. The van der Waals surface area contributed by atoms with E-state index in [9.17, 15) is 12.8 Å². The van der Waals surface area contributed by atoms with Gasteiger partial charge in [-0.25, -0.2) is 17.8 Å². The second-order valence-corrected chi connectivity index (χ2v) is 8.94. The molecule has 0 N–H and O–H groups in total. The van der Waals surface area contributed by atoms with Crippen molar-refractivity contribution in [2.45, 2.75) is 10.6 Å². The van der Waals surface area contributed by atoms with Gasteiger partial charge in [-0.2, -0.15) is 5.10 Å². The van der Waals surface area contributed by atoms with Crippen LogP contribution in [0.25, 0.3) is 22.0 Å². The smallest absolute Gasteiger partial charge is 0.184 e. The van der Waals surface area contributed by atoms with Crippen molar-refractivity contribution in [1.29, 1.82) is 0 Å². The van der Waals surface area contributed by atoms with Crippen LogP contribution in [0.2, 0.25) is 0 Å². The number of halogens is 1. The maximum absolute atomic E-state index is 13.5. The summed E-state index contributed by atoms with van der Waals surface area (Å²) in [6.45, 7) is 0. The Morgan fingerprint density at radius 1 is 1.18 bits per heavy atom. The molecule has 0 aliphatic rings. The molecule has 0 aliphatic heterocycles. The molecule has 0 radical (unpaired) electrons. The molecular formula is C19H14FN3O3S2. The molecule has 4 rings (SSSR count). The average molecular weight is 415 g/mol. The van der Waals surface area contributed by atoms with Gasteiger partial charge in [-0.3, -0.25) is 0 Å². The van der Waals surface area contributed by atoms with Crippen LogP contribution in [0, 0.1) is 5.82 Å². The van der Waals surface area contributed by atoms with E-state index in [0.29, 0.717) is 32.8 Å². The third-order valence-corrected chi connectivity index (χ3v) is 6.80. The molecule has 6 nitrogen and oxygen atoms in total. The molecule has 0 amide bonds. The summed E-state index contributed by atoms with van der Waals surface area (Å²) in [6.07, 6.45) is 3.07. The lowest BCUT2D eigenvalue weighted by molar-refractivity contribution is 0.413. The first kappa shape index (κ1) is 18.5. The minimum atomic E-state index is -3.55. The van der Waals surface area contributed by atoms with Crippen LogP contribution in [0.15, 0.2) is 59.1 Å². The molecule has 0 saturated heterocycles. The van der Waals surface area contributed by atoms with Crippen LogP contribution in [0.4, 0.5) is 4.39 Å². The second-order valence-electron chi connectivity index (χ2n) is 5.97. The fourth-order valence-corrected chi connectivity index (χ4v) is 5.18. The van der Waals surface area contributed by atoms with Gasteiger partial charge in [-0.05, 0) is 24.3 Å². The Bertz CT molecular complexity index is 1260. The van der Waals surface area contributed by atoms with Crippen molar-refractivity contribution < 1.29 is 17.5 Å². The van der Waals surface area contributed by atoms with E-state index in [1.165, 1.54) is 42.8 Å². The van der Waals surface area contributed by atoms with Gasteiger partial charge in [0, 0.05) is 34.0 Å². The molecule has 2 aromatic heterocycles. The first-order valence-electron chi connectivity index (χ1n) is 8.18. The van der Waals surface area contributed by atoms with E-state index < -0.39 is 15.7 Å². The molecule has 0 bridgehead atoms. The van der Waals surface area contributed by atoms with Crippen molar-refractivity contribution in [1.82, 2.24) is 15.2 Å². The summed E-state index contributed by atoms with van der Waals surface area (Å²) in [5.41, 5.74) is 1.05. The molecule has 4 aromatic rings. The Balaban J connectivity index is 1.81. The molecular weight excluding hydrogens is 401 g/mol. The number of fused-ring (bicyclic) bond motifs is 1. The van der Waals surface area contributed by atoms with Gasteiger partial charge in [0.25, 0.3) is 0 Å². The van der Waals surface area contributed by atoms with Crippen molar-refractivity contribution in [3.05, 3.63) is 65.0 Å². The molecule has 0 unspecified atom stereocenters. The zero-order valence-corrected chi connectivity index (χ0v) is 16.3. The number of benzene rings is 2. The van der Waals surface area contributed by atoms with Gasteiger partial charge in [0.15, 0.2) is 9.84 Å². The summed E-state index contributed by atoms with van der Waals surface area (Å²) in [7, 11) is -2.10. The van der Waals surface area contributed by atoms with Crippen LogP contribution >= 0.6 is 11.3 Å². The van der Waals surface area contributed by atoms with Crippen molar-refractivity contribution in [2.75, 3.05) is 7.11 Å². The van der Waals surface area contributed by atoms with E-state index in [2.05, 4.69) is 15.2 Å². The van der Waals surface area contributed by atoms with Crippen LogP contribution in [0.1, 0.15) is 5.01 Å². The zero-order chi connectivity index (χ0) is 19.7. The molecule has 0 aliphatic carbocycles. The molecule has 0 spiro atoms. The van der Waals surface area contributed by atoms with E-state index >= 15 is 0 Å². The van der Waals surface area contributed by atoms with Crippen LogP contribution in [0.5, 0.6) is 5.75 Å². The van der Waals surface area contributed by atoms with E-state index in [1.54, 1.807) is 29.8 Å². The van der Waals surface area contributed by atoms with Gasteiger partial charge in [0.2, 0.25) is 0 Å². The topological polar surface area (TPSA) is 82.0 Å². The Morgan fingerprint density at radius 2 is 2.04 bits per heavy atom. The Kier molecular flexibility index (Phi) is 4.78. The SMILES string of the molecule is COc1cc(F)ccc1-c1nncc2cc(S(=O)(=O)Cc3nccs3)ccc12. The average Bonchev–Trinajstić information content (AvgIpc) is 3.19.